The minimum absolute atomic E-state index is 0.118. The number of amides is 1. The van der Waals surface area contributed by atoms with Crippen LogP contribution in [-0.4, -0.2) is 31.1 Å². The molecule has 1 saturated carbocycles. The van der Waals surface area contributed by atoms with Crippen LogP contribution >= 0.6 is 0 Å². The normalized spacial score (nSPS) is 18.6. The van der Waals surface area contributed by atoms with E-state index < -0.39 is 0 Å². The van der Waals surface area contributed by atoms with E-state index >= 15 is 0 Å². The largest absolute Gasteiger partial charge is 0.491 e. The van der Waals surface area contributed by atoms with Gasteiger partial charge in [-0.3, -0.25) is 4.79 Å². The molecule has 2 aromatic rings. The van der Waals surface area contributed by atoms with Gasteiger partial charge in [0.2, 0.25) is 5.91 Å². The molecular formula is C24H31NO4. The van der Waals surface area contributed by atoms with Crippen LogP contribution in [0.25, 0.3) is 0 Å². The molecule has 5 heteroatoms. The van der Waals surface area contributed by atoms with E-state index in [1.165, 1.54) is 37.7 Å². The summed E-state index contributed by atoms with van der Waals surface area (Å²) in [6.07, 6.45) is 9.21. The average molecular weight is 398 g/mol. The number of nitrogens with zero attached hydrogens (tertiary/aromatic N) is 1. The number of carbonyl (C=O) groups excluding carboxylic acids is 1. The number of rotatable bonds is 6. The summed E-state index contributed by atoms with van der Waals surface area (Å²) >= 11 is 0. The Labute approximate surface area is 173 Å². The Hall–Kier alpha value is -2.27. The van der Waals surface area contributed by atoms with Crippen molar-refractivity contribution in [3.05, 3.63) is 53.5 Å². The molecule has 1 atom stereocenters. The molecule has 0 radical (unpaired) electrons. The van der Waals surface area contributed by atoms with Gasteiger partial charge in [0.1, 0.15) is 18.1 Å². The van der Waals surface area contributed by atoms with Crippen molar-refractivity contribution in [3.63, 3.8) is 0 Å². The molecule has 1 unspecified atom stereocenters. The van der Waals surface area contributed by atoms with Crippen molar-refractivity contribution >= 4 is 5.91 Å². The van der Waals surface area contributed by atoms with Crippen molar-refractivity contribution in [2.24, 2.45) is 5.92 Å². The fourth-order valence-corrected chi connectivity index (χ4v) is 4.68. The smallest absolute Gasteiger partial charge is 0.223 e. The number of carbonyl (C=O) groups is 1. The van der Waals surface area contributed by atoms with Gasteiger partial charge in [0.25, 0.3) is 0 Å². The molecule has 5 nitrogen and oxygen atoms in total. The summed E-state index contributed by atoms with van der Waals surface area (Å²) in [7, 11) is 1.81. The highest BCUT2D eigenvalue weighted by molar-refractivity contribution is 5.76. The molecule has 0 N–H and O–H groups in total. The van der Waals surface area contributed by atoms with E-state index in [1.807, 2.05) is 24.1 Å². The van der Waals surface area contributed by atoms with Gasteiger partial charge in [0.15, 0.2) is 0 Å². The summed E-state index contributed by atoms with van der Waals surface area (Å²) in [4.78, 5) is 14.7. The molecule has 4 rings (SSSR count). The zero-order valence-corrected chi connectivity index (χ0v) is 17.3. The lowest BCUT2D eigenvalue weighted by atomic mass is 9.82. The number of ether oxygens (including phenoxy) is 2. The second kappa shape index (κ2) is 9.49. The second-order valence-corrected chi connectivity index (χ2v) is 8.16. The van der Waals surface area contributed by atoms with E-state index in [4.69, 9.17) is 13.9 Å². The maximum absolute atomic E-state index is 12.8. The minimum Gasteiger partial charge on any atom is -0.491 e. The third-order valence-electron chi connectivity index (χ3n) is 6.24. The first-order valence-electron chi connectivity index (χ1n) is 10.8. The van der Waals surface area contributed by atoms with Crippen LogP contribution in [0.2, 0.25) is 0 Å². The summed E-state index contributed by atoms with van der Waals surface area (Å²) < 4.78 is 17.2. The summed E-state index contributed by atoms with van der Waals surface area (Å²) in [6, 6.07) is 10.1. The van der Waals surface area contributed by atoms with E-state index in [2.05, 4.69) is 18.2 Å². The molecule has 1 amide bonds. The van der Waals surface area contributed by atoms with E-state index in [9.17, 15) is 4.79 Å². The topological polar surface area (TPSA) is 51.9 Å². The summed E-state index contributed by atoms with van der Waals surface area (Å²) in [5.41, 5.74) is 2.27. The predicted octanol–water partition coefficient (Wildman–Crippen LogP) is 4.90. The Morgan fingerprint density at radius 3 is 2.86 bits per heavy atom. The molecule has 0 saturated heterocycles. The van der Waals surface area contributed by atoms with E-state index in [0.29, 0.717) is 38.5 Å². The van der Waals surface area contributed by atoms with Crippen LogP contribution in [0.4, 0.5) is 0 Å². The van der Waals surface area contributed by atoms with Crippen molar-refractivity contribution in [2.45, 2.75) is 57.6 Å². The molecule has 2 heterocycles. The summed E-state index contributed by atoms with van der Waals surface area (Å²) in [5.74, 6) is 2.44. The first-order valence-corrected chi connectivity index (χ1v) is 10.8. The molecule has 1 fully saturated rings. The van der Waals surface area contributed by atoms with Gasteiger partial charge in [0.05, 0.1) is 18.9 Å². The maximum atomic E-state index is 12.8. The number of furan rings is 1. The molecule has 156 valence electrons. The van der Waals surface area contributed by atoms with Crippen LogP contribution in [-0.2, 0) is 22.5 Å². The molecule has 0 spiro atoms. The van der Waals surface area contributed by atoms with Crippen molar-refractivity contribution in [1.29, 1.82) is 0 Å². The fraction of sp³-hybridized carbons (Fsp3) is 0.542. The van der Waals surface area contributed by atoms with E-state index in [1.54, 1.807) is 6.26 Å². The monoisotopic (exact) mass is 397 g/mol. The van der Waals surface area contributed by atoms with Gasteiger partial charge in [-0.25, -0.2) is 0 Å². The quantitative estimate of drug-likeness (QED) is 0.696. The van der Waals surface area contributed by atoms with Crippen LogP contribution in [0.3, 0.4) is 0 Å². The SMILES string of the molecule is COC(c1ccc2c(c1)CN(C(=O)CCc1ccco1)CCO2)C1CCCCC1. The highest BCUT2D eigenvalue weighted by Crippen LogP contribution is 2.38. The van der Waals surface area contributed by atoms with Crippen molar-refractivity contribution < 1.29 is 18.7 Å². The summed E-state index contributed by atoms with van der Waals surface area (Å²) in [5, 5.41) is 0. The van der Waals surface area contributed by atoms with Crippen LogP contribution in [0.15, 0.2) is 41.0 Å². The average Bonchev–Trinajstić information content (AvgIpc) is 3.18. The van der Waals surface area contributed by atoms with Crippen LogP contribution in [0.5, 0.6) is 5.75 Å². The number of hydrogen-bond acceptors (Lipinski definition) is 4. The Morgan fingerprint density at radius 2 is 2.10 bits per heavy atom. The zero-order valence-electron chi connectivity index (χ0n) is 17.3. The molecule has 1 aliphatic carbocycles. The van der Waals surface area contributed by atoms with Crippen LogP contribution in [0, 0.1) is 5.92 Å². The highest BCUT2D eigenvalue weighted by atomic mass is 16.5. The minimum atomic E-state index is 0.118. The van der Waals surface area contributed by atoms with Gasteiger partial charge in [-0.05, 0) is 48.6 Å². The molecule has 1 aromatic heterocycles. The molecule has 2 aliphatic rings. The lowest BCUT2D eigenvalue weighted by Crippen LogP contribution is -2.32. The first kappa shape index (κ1) is 20.0. The summed E-state index contributed by atoms with van der Waals surface area (Å²) in [6.45, 7) is 1.72. The predicted molar refractivity (Wildman–Crippen MR) is 111 cm³/mol. The molecule has 0 bridgehead atoms. The van der Waals surface area contributed by atoms with E-state index in [0.717, 1.165) is 17.1 Å². The number of hydrogen-bond donors (Lipinski definition) is 0. The Balaban J connectivity index is 1.47. The fourth-order valence-electron chi connectivity index (χ4n) is 4.68. The van der Waals surface area contributed by atoms with Crippen molar-refractivity contribution in [2.75, 3.05) is 20.3 Å². The van der Waals surface area contributed by atoms with Gasteiger partial charge < -0.3 is 18.8 Å². The maximum Gasteiger partial charge on any atom is 0.223 e. The second-order valence-electron chi connectivity index (χ2n) is 8.16. The number of fused-ring (bicyclic) bond motifs is 1. The third-order valence-corrected chi connectivity index (χ3v) is 6.24. The molecule has 29 heavy (non-hydrogen) atoms. The lowest BCUT2D eigenvalue weighted by Gasteiger charge is -2.30. The standard InChI is InChI=1S/C24H31NO4/c1-27-24(18-6-3-2-4-7-18)19-9-11-22-20(16-19)17-25(13-15-29-22)23(26)12-10-21-8-5-14-28-21/h5,8-9,11,14,16,18,24H,2-4,6-7,10,12-13,15,17H2,1H3. The number of benzene rings is 1. The Bertz CT molecular complexity index is 795. The van der Waals surface area contributed by atoms with E-state index in [-0.39, 0.29) is 12.0 Å². The van der Waals surface area contributed by atoms with Crippen molar-refractivity contribution in [1.82, 2.24) is 4.90 Å². The third kappa shape index (κ3) is 4.84. The number of methoxy groups -OCH3 is 1. The molecule has 1 aliphatic heterocycles. The van der Waals surface area contributed by atoms with Crippen molar-refractivity contribution in [3.8, 4) is 5.75 Å². The van der Waals surface area contributed by atoms with Gasteiger partial charge in [-0.2, -0.15) is 0 Å². The van der Waals surface area contributed by atoms with Gasteiger partial charge >= 0.3 is 0 Å². The highest BCUT2D eigenvalue weighted by Gasteiger charge is 2.27. The van der Waals surface area contributed by atoms with Crippen LogP contribution < -0.4 is 4.74 Å². The van der Waals surface area contributed by atoms with Crippen LogP contribution in [0.1, 0.15) is 61.5 Å². The number of aryl methyl sites for hydroxylation is 1. The van der Waals surface area contributed by atoms with Gasteiger partial charge in [0, 0.05) is 32.1 Å². The molecular weight excluding hydrogens is 366 g/mol. The molecule has 1 aromatic carbocycles. The Morgan fingerprint density at radius 1 is 1.24 bits per heavy atom. The zero-order chi connectivity index (χ0) is 20.1. The first-order chi connectivity index (χ1) is 14.2. The lowest BCUT2D eigenvalue weighted by molar-refractivity contribution is -0.132. The van der Waals surface area contributed by atoms with Gasteiger partial charge in [-0.1, -0.05) is 25.3 Å². The Kier molecular flexibility index (Phi) is 6.55. The van der Waals surface area contributed by atoms with Gasteiger partial charge in [-0.15, -0.1) is 0 Å².